The number of halogens is 1. The summed E-state index contributed by atoms with van der Waals surface area (Å²) in [6, 6.07) is 25.4. The lowest BCUT2D eigenvalue weighted by Crippen LogP contribution is -2.46. The monoisotopic (exact) mass is 468 g/mol. The van der Waals surface area contributed by atoms with Crippen LogP contribution in [0, 0.1) is 5.92 Å². The Morgan fingerprint density at radius 1 is 0.906 bits per heavy atom. The molecule has 4 rings (SSSR count). The van der Waals surface area contributed by atoms with E-state index in [-0.39, 0.29) is 23.4 Å². The lowest BCUT2D eigenvalue weighted by molar-refractivity contribution is -0.126. The number of nitrogens with zero attached hydrogens (tertiary/aromatic N) is 1. The Morgan fingerprint density at radius 3 is 2.03 bits per heavy atom. The van der Waals surface area contributed by atoms with Gasteiger partial charge >= 0.3 is 0 Å². The summed E-state index contributed by atoms with van der Waals surface area (Å²) in [5.41, 5.74) is 1.96. The highest BCUT2D eigenvalue weighted by atomic mass is 35.5. The van der Waals surface area contributed by atoms with Gasteiger partial charge in [0, 0.05) is 18.1 Å². The molecule has 1 fully saturated rings. The molecule has 7 heteroatoms. The second kappa shape index (κ2) is 9.86. The number of rotatable bonds is 6. The SMILES string of the molecule is O=C(NC(c1ccccc1)c1ccccc1)C1CCCN(S(=O)(=O)c2ccc(Cl)cc2)C1. The molecular formula is C25H25ClN2O3S. The van der Waals surface area contributed by atoms with Crippen LogP contribution >= 0.6 is 11.6 Å². The molecular weight excluding hydrogens is 444 g/mol. The molecule has 0 aromatic heterocycles. The van der Waals surface area contributed by atoms with Crippen molar-refractivity contribution < 1.29 is 13.2 Å². The summed E-state index contributed by atoms with van der Waals surface area (Å²) < 4.78 is 27.6. The average molecular weight is 469 g/mol. The van der Waals surface area contributed by atoms with Crippen molar-refractivity contribution in [3.05, 3.63) is 101 Å². The molecule has 166 valence electrons. The van der Waals surface area contributed by atoms with Gasteiger partial charge in [-0.15, -0.1) is 0 Å². The molecule has 3 aromatic carbocycles. The number of sulfonamides is 1. The maximum Gasteiger partial charge on any atom is 0.243 e. The summed E-state index contributed by atoms with van der Waals surface area (Å²) in [5, 5.41) is 3.64. The number of piperidine rings is 1. The van der Waals surface area contributed by atoms with Crippen LogP contribution in [-0.4, -0.2) is 31.7 Å². The van der Waals surface area contributed by atoms with E-state index in [1.807, 2.05) is 60.7 Å². The van der Waals surface area contributed by atoms with Gasteiger partial charge in [-0.2, -0.15) is 4.31 Å². The highest BCUT2D eigenvalue weighted by Crippen LogP contribution is 2.27. The Kier molecular flexibility index (Phi) is 6.94. The van der Waals surface area contributed by atoms with E-state index in [1.54, 1.807) is 12.1 Å². The summed E-state index contributed by atoms with van der Waals surface area (Å²) in [7, 11) is -3.68. The summed E-state index contributed by atoms with van der Waals surface area (Å²) >= 11 is 5.90. The van der Waals surface area contributed by atoms with Gasteiger partial charge in [-0.3, -0.25) is 4.79 Å². The van der Waals surface area contributed by atoms with Crippen LogP contribution in [0.25, 0.3) is 0 Å². The van der Waals surface area contributed by atoms with Gasteiger partial charge in [0.2, 0.25) is 15.9 Å². The van der Waals surface area contributed by atoms with Crippen LogP contribution in [0.5, 0.6) is 0 Å². The molecule has 3 aromatic rings. The molecule has 1 amide bonds. The molecule has 1 atom stereocenters. The van der Waals surface area contributed by atoms with E-state index in [0.717, 1.165) is 11.1 Å². The quantitative estimate of drug-likeness (QED) is 0.572. The Balaban J connectivity index is 1.52. The average Bonchev–Trinajstić information content (AvgIpc) is 2.84. The molecule has 0 bridgehead atoms. The fourth-order valence-electron chi connectivity index (χ4n) is 4.04. The molecule has 0 spiro atoms. The molecule has 0 saturated carbocycles. The minimum Gasteiger partial charge on any atom is -0.345 e. The number of benzene rings is 3. The maximum atomic E-state index is 13.3. The predicted octanol–water partition coefficient (Wildman–Crippen LogP) is 4.65. The first kappa shape index (κ1) is 22.5. The predicted molar refractivity (Wildman–Crippen MR) is 126 cm³/mol. The summed E-state index contributed by atoms with van der Waals surface area (Å²) in [4.78, 5) is 13.4. The van der Waals surface area contributed by atoms with Gasteiger partial charge in [0.1, 0.15) is 0 Å². The largest absolute Gasteiger partial charge is 0.345 e. The molecule has 5 nitrogen and oxygen atoms in total. The summed E-state index contributed by atoms with van der Waals surface area (Å²) in [5.74, 6) is -0.556. The van der Waals surface area contributed by atoms with Gasteiger partial charge in [-0.25, -0.2) is 8.42 Å². The van der Waals surface area contributed by atoms with Crippen LogP contribution in [-0.2, 0) is 14.8 Å². The standard InChI is InChI=1S/C25H25ClN2O3S/c26-22-13-15-23(16-14-22)32(30,31)28-17-7-12-21(18-28)25(29)27-24(19-8-3-1-4-9-19)20-10-5-2-6-11-20/h1-6,8-11,13-16,21,24H,7,12,17-18H2,(H,27,29). The van der Waals surface area contributed by atoms with Crippen LogP contribution < -0.4 is 5.32 Å². The molecule has 0 aliphatic carbocycles. The molecule has 1 heterocycles. The third kappa shape index (κ3) is 5.04. The minimum absolute atomic E-state index is 0.140. The Hall–Kier alpha value is -2.67. The van der Waals surface area contributed by atoms with E-state index in [0.29, 0.717) is 24.4 Å². The summed E-state index contributed by atoms with van der Waals surface area (Å²) in [6.45, 7) is 0.558. The number of carbonyl (C=O) groups excluding carboxylic acids is 1. The van der Waals surface area contributed by atoms with Gasteiger partial charge < -0.3 is 5.32 Å². The molecule has 1 aliphatic rings. The van der Waals surface area contributed by atoms with Crippen molar-refractivity contribution in [1.29, 1.82) is 0 Å². The molecule has 1 aliphatic heterocycles. The number of hydrogen-bond donors (Lipinski definition) is 1. The van der Waals surface area contributed by atoms with Crippen molar-refractivity contribution in [2.75, 3.05) is 13.1 Å². The smallest absolute Gasteiger partial charge is 0.243 e. The Morgan fingerprint density at radius 2 is 1.47 bits per heavy atom. The molecule has 32 heavy (non-hydrogen) atoms. The first-order chi connectivity index (χ1) is 15.4. The zero-order valence-corrected chi connectivity index (χ0v) is 19.1. The van der Waals surface area contributed by atoms with Crippen molar-refractivity contribution in [3.8, 4) is 0 Å². The lowest BCUT2D eigenvalue weighted by atomic mass is 9.95. The Bertz CT molecular complexity index is 1110. The highest BCUT2D eigenvalue weighted by molar-refractivity contribution is 7.89. The van der Waals surface area contributed by atoms with E-state index < -0.39 is 15.9 Å². The zero-order chi connectivity index (χ0) is 22.6. The molecule has 0 radical (unpaired) electrons. The lowest BCUT2D eigenvalue weighted by Gasteiger charge is -2.32. The van der Waals surface area contributed by atoms with Crippen LogP contribution in [0.3, 0.4) is 0 Å². The number of nitrogens with one attached hydrogen (secondary N) is 1. The van der Waals surface area contributed by atoms with Crippen LogP contribution in [0.15, 0.2) is 89.8 Å². The van der Waals surface area contributed by atoms with E-state index in [4.69, 9.17) is 11.6 Å². The normalized spacial score (nSPS) is 17.2. The van der Waals surface area contributed by atoms with Crippen LogP contribution in [0.1, 0.15) is 30.0 Å². The maximum absolute atomic E-state index is 13.3. The Labute approximate surface area is 194 Å². The number of amides is 1. The fraction of sp³-hybridized carbons (Fsp3) is 0.240. The van der Waals surface area contributed by atoms with E-state index in [1.165, 1.54) is 16.4 Å². The van der Waals surface area contributed by atoms with Crippen molar-refractivity contribution in [2.45, 2.75) is 23.8 Å². The third-order valence-corrected chi connectivity index (χ3v) is 7.89. The third-order valence-electron chi connectivity index (χ3n) is 5.76. The topological polar surface area (TPSA) is 66.5 Å². The van der Waals surface area contributed by atoms with Crippen molar-refractivity contribution in [1.82, 2.24) is 9.62 Å². The fourth-order valence-corrected chi connectivity index (χ4v) is 5.69. The minimum atomic E-state index is -3.68. The summed E-state index contributed by atoms with van der Waals surface area (Å²) in [6.07, 6.45) is 1.28. The van der Waals surface area contributed by atoms with E-state index >= 15 is 0 Å². The first-order valence-electron chi connectivity index (χ1n) is 10.6. The van der Waals surface area contributed by atoms with Gasteiger partial charge in [0.15, 0.2) is 0 Å². The van der Waals surface area contributed by atoms with E-state index in [2.05, 4.69) is 5.32 Å². The van der Waals surface area contributed by atoms with Crippen molar-refractivity contribution >= 4 is 27.5 Å². The van der Waals surface area contributed by atoms with Crippen molar-refractivity contribution in [3.63, 3.8) is 0 Å². The van der Waals surface area contributed by atoms with Crippen LogP contribution in [0.2, 0.25) is 5.02 Å². The number of carbonyl (C=O) groups is 1. The van der Waals surface area contributed by atoms with Crippen LogP contribution in [0.4, 0.5) is 0 Å². The second-order valence-corrected chi connectivity index (χ2v) is 10.3. The second-order valence-electron chi connectivity index (χ2n) is 7.92. The van der Waals surface area contributed by atoms with Gasteiger partial charge in [0.25, 0.3) is 0 Å². The van der Waals surface area contributed by atoms with Gasteiger partial charge in [-0.05, 0) is 48.2 Å². The van der Waals surface area contributed by atoms with Gasteiger partial charge in [0.05, 0.1) is 16.9 Å². The highest BCUT2D eigenvalue weighted by Gasteiger charge is 2.34. The van der Waals surface area contributed by atoms with Crippen molar-refractivity contribution in [2.24, 2.45) is 5.92 Å². The first-order valence-corrected chi connectivity index (χ1v) is 12.4. The molecule has 1 N–H and O–H groups in total. The van der Waals surface area contributed by atoms with E-state index in [9.17, 15) is 13.2 Å². The zero-order valence-electron chi connectivity index (χ0n) is 17.5. The van der Waals surface area contributed by atoms with Gasteiger partial charge in [-0.1, -0.05) is 72.3 Å². The molecule has 1 saturated heterocycles. The molecule has 1 unspecified atom stereocenters. The number of hydrogen-bond acceptors (Lipinski definition) is 3.